The molecule has 0 spiro atoms. The summed E-state index contributed by atoms with van der Waals surface area (Å²) in [7, 11) is 0. The van der Waals surface area contributed by atoms with Gasteiger partial charge in [-0.3, -0.25) is 4.79 Å². The van der Waals surface area contributed by atoms with Crippen LogP contribution >= 0.6 is 11.8 Å². The van der Waals surface area contributed by atoms with Crippen molar-refractivity contribution < 1.29 is 9.53 Å². The van der Waals surface area contributed by atoms with E-state index >= 15 is 0 Å². The lowest BCUT2D eigenvalue weighted by Crippen LogP contribution is -2.14. The number of hydrogen-bond donors (Lipinski definition) is 1. The number of nitrogens with one attached hydrogen (secondary N) is 1. The largest absolute Gasteiger partial charge is 0.486 e. The van der Waals surface area contributed by atoms with Gasteiger partial charge in [0.1, 0.15) is 12.4 Å². The van der Waals surface area contributed by atoms with E-state index in [4.69, 9.17) is 4.74 Å². The van der Waals surface area contributed by atoms with Crippen molar-refractivity contribution in [2.75, 3.05) is 11.1 Å². The van der Waals surface area contributed by atoms with Gasteiger partial charge in [-0.25, -0.2) is 0 Å². The third-order valence-corrected chi connectivity index (χ3v) is 5.17. The summed E-state index contributed by atoms with van der Waals surface area (Å²) in [6.45, 7) is 5.20. The van der Waals surface area contributed by atoms with Gasteiger partial charge in [0, 0.05) is 12.2 Å². The molecule has 3 aromatic rings. The number of amides is 1. The minimum Gasteiger partial charge on any atom is -0.486 e. The summed E-state index contributed by atoms with van der Waals surface area (Å²) >= 11 is 1.37. The Morgan fingerprint density at radius 3 is 2.50 bits per heavy atom. The molecule has 0 atom stereocenters. The molecular formula is C21H24N4O2S. The van der Waals surface area contributed by atoms with Gasteiger partial charge in [0.15, 0.2) is 11.0 Å². The van der Waals surface area contributed by atoms with Gasteiger partial charge in [-0.15, -0.1) is 10.2 Å². The number of carbonyl (C=O) groups excluding carboxylic acids is 1. The quantitative estimate of drug-likeness (QED) is 0.550. The van der Waals surface area contributed by atoms with E-state index in [1.807, 2.05) is 54.0 Å². The van der Waals surface area contributed by atoms with Crippen molar-refractivity contribution >= 4 is 23.4 Å². The number of carbonyl (C=O) groups is 1. The predicted octanol–water partition coefficient (Wildman–Crippen LogP) is 4.17. The number of hydrogen-bond acceptors (Lipinski definition) is 5. The van der Waals surface area contributed by atoms with E-state index in [1.54, 1.807) is 0 Å². The van der Waals surface area contributed by atoms with Crippen LogP contribution in [-0.2, 0) is 24.4 Å². The third kappa shape index (κ3) is 5.36. The lowest BCUT2D eigenvalue weighted by atomic mass is 10.2. The zero-order valence-corrected chi connectivity index (χ0v) is 16.9. The highest BCUT2D eigenvalue weighted by Gasteiger charge is 2.14. The van der Waals surface area contributed by atoms with Crippen molar-refractivity contribution in [1.29, 1.82) is 0 Å². The second kappa shape index (κ2) is 9.94. The maximum atomic E-state index is 12.1. The summed E-state index contributed by atoms with van der Waals surface area (Å²) in [6.07, 6.45) is 1.00. The molecule has 28 heavy (non-hydrogen) atoms. The van der Waals surface area contributed by atoms with Crippen LogP contribution in [0.4, 0.5) is 5.69 Å². The number of ether oxygens (including phenoxy) is 1. The van der Waals surface area contributed by atoms with Crippen molar-refractivity contribution in [1.82, 2.24) is 14.8 Å². The number of aryl methyl sites for hydroxylation is 1. The zero-order chi connectivity index (χ0) is 19.8. The van der Waals surface area contributed by atoms with Crippen LogP contribution in [0.2, 0.25) is 0 Å². The minimum atomic E-state index is -0.0735. The Labute approximate surface area is 169 Å². The van der Waals surface area contributed by atoms with Crippen LogP contribution in [0.15, 0.2) is 59.8 Å². The highest BCUT2D eigenvalue weighted by atomic mass is 32.2. The molecule has 0 unspecified atom stereocenters. The number of nitrogens with zero attached hydrogens (tertiary/aromatic N) is 3. The van der Waals surface area contributed by atoms with Crippen molar-refractivity contribution in [3.05, 3.63) is 66.0 Å². The van der Waals surface area contributed by atoms with Gasteiger partial charge in [-0.2, -0.15) is 0 Å². The van der Waals surface area contributed by atoms with E-state index in [0.717, 1.165) is 23.7 Å². The average molecular weight is 397 g/mol. The fraction of sp³-hybridized carbons (Fsp3) is 0.286. The normalized spacial score (nSPS) is 10.6. The van der Waals surface area contributed by atoms with E-state index < -0.39 is 0 Å². The number of benzene rings is 2. The number of anilines is 1. The van der Waals surface area contributed by atoms with Gasteiger partial charge in [-0.1, -0.05) is 49.0 Å². The first-order chi connectivity index (χ1) is 13.7. The van der Waals surface area contributed by atoms with Crippen LogP contribution in [0.1, 0.15) is 25.2 Å². The Bertz CT molecular complexity index is 895. The van der Waals surface area contributed by atoms with Gasteiger partial charge in [0.05, 0.1) is 5.75 Å². The van der Waals surface area contributed by atoms with Crippen molar-refractivity contribution in [3.63, 3.8) is 0 Å². The smallest absolute Gasteiger partial charge is 0.234 e. The number of thioether (sulfide) groups is 1. The van der Waals surface area contributed by atoms with Crippen LogP contribution in [0.25, 0.3) is 0 Å². The summed E-state index contributed by atoms with van der Waals surface area (Å²) in [5.74, 6) is 1.75. The average Bonchev–Trinajstić information content (AvgIpc) is 3.13. The van der Waals surface area contributed by atoms with E-state index in [2.05, 4.69) is 34.6 Å². The number of rotatable bonds is 9. The second-order valence-electron chi connectivity index (χ2n) is 6.13. The highest BCUT2D eigenvalue weighted by molar-refractivity contribution is 7.99. The van der Waals surface area contributed by atoms with Crippen molar-refractivity contribution in [2.24, 2.45) is 0 Å². The molecule has 3 rings (SSSR count). The van der Waals surface area contributed by atoms with Gasteiger partial charge in [-0.05, 0) is 43.2 Å². The van der Waals surface area contributed by atoms with Crippen LogP contribution in [0.5, 0.6) is 5.75 Å². The van der Waals surface area contributed by atoms with Crippen molar-refractivity contribution in [2.45, 2.75) is 38.6 Å². The molecular weight excluding hydrogens is 372 g/mol. The van der Waals surface area contributed by atoms with Crippen LogP contribution in [0, 0.1) is 0 Å². The fourth-order valence-corrected chi connectivity index (χ4v) is 3.49. The molecule has 0 saturated heterocycles. The zero-order valence-electron chi connectivity index (χ0n) is 16.1. The molecule has 1 heterocycles. The van der Waals surface area contributed by atoms with Crippen LogP contribution in [-0.4, -0.2) is 26.4 Å². The molecule has 0 aliphatic carbocycles. The SMILES string of the molecule is CCc1ccc(OCc2nnc(SCC(=O)Nc3ccccc3)n2CC)cc1. The third-order valence-electron chi connectivity index (χ3n) is 4.20. The van der Waals surface area contributed by atoms with E-state index in [-0.39, 0.29) is 11.7 Å². The molecule has 7 heteroatoms. The topological polar surface area (TPSA) is 69.0 Å². The van der Waals surface area contributed by atoms with Crippen LogP contribution < -0.4 is 10.1 Å². The second-order valence-corrected chi connectivity index (χ2v) is 7.07. The Morgan fingerprint density at radius 2 is 1.82 bits per heavy atom. The highest BCUT2D eigenvalue weighted by Crippen LogP contribution is 2.19. The lowest BCUT2D eigenvalue weighted by molar-refractivity contribution is -0.113. The maximum absolute atomic E-state index is 12.1. The number of para-hydroxylation sites is 1. The van der Waals surface area contributed by atoms with Gasteiger partial charge < -0.3 is 14.6 Å². The predicted molar refractivity (Wildman–Crippen MR) is 112 cm³/mol. The molecule has 0 aliphatic rings. The van der Waals surface area contributed by atoms with E-state index in [0.29, 0.717) is 18.3 Å². The molecule has 1 aromatic heterocycles. The molecule has 0 radical (unpaired) electrons. The molecule has 2 aromatic carbocycles. The summed E-state index contributed by atoms with van der Waals surface area (Å²) in [5.41, 5.74) is 2.06. The van der Waals surface area contributed by atoms with Gasteiger partial charge >= 0.3 is 0 Å². The first-order valence-corrected chi connectivity index (χ1v) is 10.3. The first-order valence-electron chi connectivity index (χ1n) is 9.31. The Morgan fingerprint density at radius 1 is 1.07 bits per heavy atom. The van der Waals surface area contributed by atoms with Crippen molar-refractivity contribution in [3.8, 4) is 5.75 Å². The summed E-state index contributed by atoms with van der Waals surface area (Å²) in [4.78, 5) is 12.1. The van der Waals surface area contributed by atoms with Gasteiger partial charge in [0.25, 0.3) is 0 Å². The maximum Gasteiger partial charge on any atom is 0.234 e. The molecule has 0 saturated carbocycles. The molecule has 146 valence electrons. The molecule has 1 N–H and O–H groups in total. The summed E-state index contributed by atoms with van der Waals surface area (Å²) in [5, 5.41) is 12.0. The van der Waals surface area contributed by atoms with Crippen LogP contribution in [0.3, 0.4) is 0 Å². The lowest BCUT2D eigenvalue weighted by Gasteiger charge is -2.09. The summed E-state index contributed by atoms with van der Waals surface area (Å²) < 4.78 is 7.81. The molecule has 0 bridgehead atoms. The van der Waals surface area contributed by atoms with Gasteiger partial charge in [0.2, 0.25) is 5.91 Å². The number of aromatic nitrogens is 3. The molecule has 6 nitrogen and oxygen atoms in total. The fourth-order valence-electron chi connectivity index (χ4n) is 2.67. The minimum absolute atomic E-state index is 0.0735. The Balaban J connectivity index is 1.55. The summed E-state index contributed by atoms with van der Waals surface area (Å²) in [6, 6.07) is 17.5. The Hall–Kier alpha value is -2.80. The molecule has 0 fully saturated rings. The standard InChI is InChI=1S/C21H24N4O2S/c1-3-16-10-12-18(13-11-16)27-14-19-23-24-21(25(19)4-2)28-15-20(26)22-17-8-6-5-7-9-17/h5-13H,3-4,14-15H2,1-2H3,(H,22,26). The monoisotopic (exact) mass is 396 g/mol. The first kappa shape index (κ1) is 19.9. The van der Waals surface area contributed by atoms with E-state index in [9.17, 15) is 4.79 Å². The van der Waals surface area contributed by atoms with E-state index in [1.165, 1.54) is 17.3 Å². The molecule has 1 amide bonds. The Kier molecular flexibility index (Phi) is 7.08. The molecule has 0 aliphatic heterocycles.